The summed E-state index contributed by atoms with van der Waals surface area (Å²) < 4.78 is 2.64. The summed E-state index contributed by atoms with van der Waals surface area (Å²) in [4.78, 5) is 2.43. The van der Waals surface area contributed by atoms with Gasteiger partial charge in [0.15, 0.2) is 0 Å². The van der Waals surface area contributed by atoms with Gasteiger partial charge in [-0.25, -0.2) is 0 Å². The van der Waals surface area contributed by atoms with Gasteiger partial charge in [-0.15, -0.1) is 11.3 Å². The van der Waals surface area contributed by atoms with E-state index in [1.807, 2.05) is 11.3 Å². The zero-order chi connectivity index (χ0) is 42.1. The number of thiophene rings is 1. The summed E-state index contributed by atoms with van der Waals surface area (Å²) in [6.07, 6.45) is 0. The Morgan fingerprint density at radius 2 is 0.905 bits per heavy atom. The van der Waals surface area contributed by atoms with Gasteiger partial charge in [-0.3, -0.25) is 0 Å². The van der Waals surface area contributed by atoms with Gasteiger partial charge in [-0.2, -0.15) is 0 Å². The highest BCUT2D eigenvalue weighted by molar-refractivity contribution is 7.25. The van der Waals surface area contributed by atoms with Crippen LogP contribution in [-0.2, 0) is 5.41 Å². The number of anilines is 3. The zero-order valence-electron chi connectivity index (χ0n) is 35.2. The van der Waals surface area contributed by atoms with Gasteiger partial charge in [0.05, 0.1) is 5.69 Å². The Hall–Kier alpha value is -7.52. The third-order valence-corrected chi connectivity index (χ3v) is 14.4. The standard InChI is InChI=1S/C61H43NS/c1-61(2)56-25-8-5-20-52(56)55-24-13-23-51(60(55)61)42-30-35-47(36-31-42)62(46-33-28-40(29-34-46)43-32-37-54-53-21-7-10-27-58(53)63-59(54)39-43)57-26-9-6-19-50(57)45-17-11-16-44(38-45)49-22-12-15-41-14-3-4-18-48(41)49/h3-39H,1-2H3. The molecule has 0 radical (unpaired) electrons. The molecule has 0 bridgehead atoms. The van der Waals surface area contributed by atoms with Crippen LogP contribution < -0.4 is 4.90 Å². The fraction of sp³-hybridized carbons (Fsp3) is 0.0492. The van der Waals surface area contributed by atoms with E-state index in [1.54, 1.807) is 0 Å². The van der Waals surface area contributed by atoms with Crippen molar-refractivity contribution in [1.29, 1.82) is 0 Å². The molecule has 0 N–H and O–H groups in total. The van der Waals surface area contributed by atoms with Crippen LogP contribution >= 0.6 is 11.3 Å². The molecule has 2 heteroatoms. The molecule has 298 valence electrons. The molecule has 12 rings (SSSR count). The third-order valence-electron chi connectivity index (χ3n) is 13.3. The number of para-hydroxylation sites is 1. The first-order valence-corrected chi connectivity index (χ1v) is 22.6. The fourth-order valence-corrected chi connectivity index (χ4v) is 11.4. The van der Waals surface area contributed by atoms with E-state index in [0.717, 1.165) is 17.1 Å². The van der Waals surface area contributed by atoms with Gasteiger partial charge < -0.3 is 4.90 Å². The van der Waals surface area contributed by atoms with Crippen molar-refractivity contribution >= 4 is 59.3 Å². The van der Waals surface area contributed by atoms with Crippen LogP contribution in [-0.4, -0.2) is 0 Å². The van der Waals surface area contributed by atoms with Crippen molar-refractivity contribution in [3.05, 3.63) is 236 Å². The van der Waals surface area contributed by atoms with Crippen molar-refractivity contribution in [2.45, 2.75) is 19.3 Å². The molecule has 11 aromatic rings. The topological polar surface area (TPSA) is 3.24 Å². The highest BCUT2D eigenvalue weighted by Gasteiger charge is 2.37. The van der Waals surface area contributed by atoms with E-state index in [-0.39, 0.29) is 5.41 Å². The highest BCUT2D eigenvalue weighted by Crippen LogP contribution is 2.52. The third kappa shape index (κ3) is 6.21. The van der Waals surface area contributed by atoms with Crippen LogP contribution in [0.25, 0.3) is 86.6 Å². The molecule has 10 aromatic carbocycles. The summed E-state index contributed by atoms with van der Waals surface area (Å²) in [7, 11) is 0. The molecule has 0 fully saturated rings. The summed E-state index contributed by atoms with van der Waals surface area (Å²) in [5.41, 5.74) is 18.4. The van der Waals surface area contributed by atoms with Crippen LogP contribution in [0.3, 0.4) is 0 Å². The monoisotopic (exact) mass is 821 g/mol. The molecule has 0 aliphatic heterocycles. The summed E-state index contributed by atoms with van der Waals surface area (Å²) in [6.45, 7) is 4.74. The second kappa shape index (κ2) is 14.8. The zero-order valence-corrected chi connectivity index (χ0v) is 36.0. The molecule has 1 nitrogen and oxygen atoms in total. The van der Waals surface area contributed by atoms with E-state index < -0.39 is 0 Å². The van der Waals surface area contributed by atoms with E-state index in [1.165, 1.54) is 97.7 Å². The van der Waals surface area contributed by atoms with Crippen LogP contribution in [0.2, 0.25) is 0 Å². The Morgan fingerprint density at radius 3 is 1.73 bits per heavy atom. The molecule has 1 aromatic heterocycles. The molecule has 0 saturated heterocycles. The van der Waals surface area contributed by atoms with Crippen molar-refractivity contribution < 1.29 is 0 Å². The van der Waals surface area contributed by atoms with Gasteiger partial charge in [-0.1, -0.05) is 190 Å². The second-order valence-electron chi connectivity index (χ2n) is 17.3. The smallest absolute Gasteiger partial charge is 0.0540 e. The van der Waals surface area contributed by atoms with E-state index in [4.69, 9.17) is 0 Å². The number of benzene rings is 10. The van der Waals surface area contributed by atoms with Crippen LogP contribution in [0.15, 0.2) is 224 Å². The van der Waals surface area contributed by atoms with E-state index in [0.29, 0.717) is 0 Å². The minimum absolute atomic E-state index is 0.101. The average Bonchev–Trinajstić information content (AvgIpc) is 3.83. The minimum Gasteiger partial charge on any atom is -0.310 e. The van der Waals surface area contributed by atoms with E-state index in [2.05, 4.69) is 243 Å². The van der Waals surface area contributed by atoms with Gasteiger partial charge in [0.1, 0.15) is 0 Å². The lowest BCUT2D eigenvalue weighted by Gasteiger charge is -2.29. The number of hydrogen-bond donors (Lipinski definition) is 0. The normalized spacial score (nSPS) is 12.7. The molecule has 63 heavy (non-hydrogen) atoms. The molecule has 0 amide bonds. The van der Waals surface area contributed by atoms with Crippen molar-refractivity contribution in [2.24, 2.45) is 0 Å². The van der Waals surface area contributed by atoms with Crippen LogP contribution in [0.5, 0.6) is 0 Å². The lowest BCUT2D eigenvalue weighted by Crippen LogP contribution is -2.16. The lowest BCUT2D eigenvalue weighted by molar-refractivity contribution is 0.662. The number of fused-ring (bicyclic) bond motifs is 7. The van der Waals surface area contributed by atoms with Crippen molar-refractivity contribution in [1.82, 2.24) is 0 Å². The Balaban J connectivity index is 0.976. The van der Waals surface area contributed by atoms with Gasteiger partial charge in [0.25, 0.3) is 0 Å². The largest absolute Gasteiger partial charge is 0.310 e. The van der Waals surface area contributed by atoms with Crippen LogP contribution in [0.1, 0.15) is 25.0 Å². The van der Waals surface area contributed by atoms with E-state index in [9.17, 15) is 0 Å². The first-order chi connectivity index (χ1) is 31.0. The minimum atomic E-state index is -0.101. The molecule has 0 saturated carbocycles. The molecular formula is C61H43NS. The van der Waals surface area contributed by atoms with Crippen molar-refractivity contribution in [3.8, 4) is 55.6 Å². The summed E-state index contributed by atoms with van der Waals surface area (Å²) in [5, 5.41) is 5.15. The maximum absolute atomic E-state index is 2.43. The SMILES string of the molecule is CC1(C)c2ccccc2-c2cccc(-c3ccc(N(c4ccc(-c5ccc6c(c5)sc5ccccc56)cc4)c4ccccc4-c4cccc(-c5cccc6ccccc56)c4)cc3)c21. The van der Waals surface area contributed by atoms with Crippen LogP contribution in [0, 0.1) is 0 Å². The molecule has 0 unspecified atom stereocenters. The molecule has 1 aliphatic rings. The summed E-state index contributed by atoms with van der Waals surface area (Å²) >= 11 is 1.87. The average molecular weight is 822 g/mol. The Morgan fingerprint density at radius 1 is 0.349 bits per heavy atom. The Kier molecular flexibility index (Phi) is 8.77. The van der Waals surface area contributed by atoms with Crippen molar-refractivity contribution in [3.63, 3.8) is 0 Å². The van der Waals surface area contributed by atoms with Gasteiger partial charge >= 0.3 is 0 Å². The first-order valence-electron chi connectivity index (χ1n) is 21.8. The predicted octanol–water partition coefficient (Wildman–Crippen LogP) is 17.7. The first kappa shape index (κ1) is 37.3. The molecular weight excluding hydrogens is 779 g/mol. The van der Waals surface area contributed by atoms with Crippen molar-refractivity contribution in [2.75, 3.05) is 4.90 Å². The maximum Gasteiger partial charge on any atom is 0.0540 e. The summed E-state index contributed by atoms with van der Waals surface area (Å²) in [6, 6.07) is 82.8. The molecule has 1 aliphatic carbocycles. The second-order valence-corrected chi connectivity index (χ2v) is 18.3. The van der Waals surface area contributed by atoms with Gasteiger partial charge in [0, 0.05) is 42.5 Å². The lowest BCUT2D eigenvalue weighted by atomic mass is 9.79. The molecule has 0 atom stereocenters. The van der Waals surface area contributed by atoms with Gasteiger partial charge in [0.2, 0.25) is 0 Å². The molecule has 1 heterocycles. The number of hydrogen-bond acceptors (Lipinski definition) is 2. The van der Waals surface area contributed by atoms with E-state index >= 15 is 0 Å². The predicted molar refractivity (Wildman–Crippen MR) is 271 cm³/mol. The highest BCUT2D eigenvalue weighted by atomic mass is 32.1. The Labute approximate surface area is 372 Å². The number of rotatable bonds is 7. The van der Waals surface area contributed by atoms with Gasteiger partial charge in [-0.05, 0) is 121 Å². The quantitative estimate of drug-likeness (QED) is 0.155. The fourth-order valence-electron chi connectivity index (χ4n) is 10.3. The maximum atomic E-state index is 2.43. The van der Waals surface area contributed by atoms with Crippen LogP contribution in [0.4, 0.5) is 17.1 Å². The molecule has 0 spiro atoms. The summed E-state index contributed by atoms with van der Waals surface area (Å²) in [5.74, 6) is 0. The number of nitrogens with zero attached hydrogens (tertiary/aromatic N) is 1. The Bertz CT molecular complexity index is 3530.